The van der Waals surface area contributed by atoms with Gasteiger partial charge in [0.1, 0.15) is 5.75 Å². The van der Waals surface area contributed by atoms with Gasteiger partial charge in [0.05, 0.1) is 7.11 Å². The van der Waals surface area contributed by atoms with Gasteiger partial charge in [0, 0.05) is 41.4 Å². The van der Waals surface area contributed by atoms with E-state index in [1.165, 1.54) is 31.2 Å². The fraction of sp³-hybridized carbons (Fsp3) is 0.387. The van der Waals surface area contributed by atoms with Crippen LogP contribution >= 0.6 is 11.6 Å². The average Bonchev–Trinajstić information content (AvgIpc) is 2.95. The Morgan fingerprint density at radius 3 is 2.19 bits per heavy atom. The number of likely N-dealkylation sites (tertiary alicyclic amines) is 1. The van der Waals surface area contributed by atoms with Crippen LogP contribution in [0.1, 0.15) is 60.4 Å². The van der Waals surface area contributed by atoms with Crippen molar-refractivity contribution in [3.63, 3.8) is 0 Å². The second kappa shape index (κ2) is 11.5. The zero-order valence-corrected chi connectivity index (χ0v) is 21.7. The maximum Gasteiger partial charge on any atom is 0.258 e. The molecule has 5 heteroatoms. The maximum absolute atomic E-state index is 13.8. The fourth-order valence-corrected chi connectivity index (χ4v) is 6.21. The molecule has 2 atom stereocenters. The molecule has 0 N–H and O–H groups in total. The zero-order valence-electron chi connectivity index (χ0n) is 21.0. The van der Waals surface area contributed by atoms with Gasteiger partial charge in [-0.1, -0.05) is 54.8 Å². The monoisotopic (exact) mass is 502 g/mol. The lowest BCUT2D eigenvalue weighted by Gasteiger charge is -2.45. The van der Waals surface area contributed by atoms with Crippen molar-refractivity contribution in [3.8, 4) is 5.75 Å². The van der Waals surface area contributed by atoms with E-state index in [1.54, 1.807) is 7.11 Å². The Morgan fingerprint density at radius 2 is 1.53 bits per heavy atom. The van der Waals surface area contributed by atoms with Crippen LogP contribution in [0.4, 0.5) is 5.69 Å². The molecule has 2 aliphatic rings. The van der Waals surface area contributed by atoms with Gasteiger partial charge >= 0.3 is 0 Å². The normalized spacial score (nSPS) is 21.2. The summed E-state index contributed by atoms with van der Waals surface area (Å²) in [5.41, 5.74) is 3.05. The third kappa shape index (κ3) is 5.45. The SMILES string of the molecule is COc1ccc(C(=O)N(c2ccc(Cl)cc2)C2CCN([C@@H]3CCCC[C@@H]3c3ccccc3)CC2)cc1. The van der Waals surface area contributed by atoms with Gasteiger partial charge in [-0.3, -0.25) is 9.69 Å². The topological polar surface area (TPSA) is 32.8 Å². The summed E-state index contributed by atoms with van der Waals surface area (Å²) in [5, 5.41) is 0.676. The van der Waals surface area contributed by atoms with Gasteiger partial charge in [-0.15, -0.1) is 0 Å². The first-order chi connectivity index (χ1) is 17.6. The van der Waals surface area contributed by atoms with Gasteiger partial charge < -0.3 is 9.64 Å². The quantitative estimate of drug-likeness (QED) is 0.357. The molecule has 1 heterocycles. The van der Waals surface area contributed by atoms with E-state index in [9.17, 15) is 4.79 Å². The predicted octanol–water partition coefficient (Wildman–Crippen LogP) is 7.19. The summed E-state index contributed by atoms with van der Waals surface area (Å²) in [5.74, 6) is 1.38. The number of carbonyl (C=O) groups excluding carboxylic acids is 1. The molecule has 0 bridgehead atoms. The first-order valence-electron chi connectivity index (χ1n) is 13.2. The summed E-state index contributed by atoms with van der Waals surface area (Å²) in [7, 11) is 1.64. The van der Waals surface area contributed by atoms with Crippen LogP contribution in [0.25, 0.3) is 0 Å². The highest BCUT2D eigenvalue weighted by molar-refractivity contribution is 6.30. The van der Waals surface area contributed by atoms with Crippen molar-refractivity contribution in [1.29, 1.82) is 0 Å². The van der Waals surface area contributed by atoms with Crippen LogP contribution < -0.4 is 9.64 Å². The molecule has 3 aromatic rings. The third-order valence-corrected chi connectivity index (χ3v) is 8.20. The van der Waals surface area contributed by atoms with Crippen LogP contribution in [0.5, 0.6) is 5.75 Å². The number of methoxy groups -OCH3 is 1. The van der Waals surface area contributed by atoms with Gasteiger partial charge in [0.2, 0.25) is 0 Å². The molecule has 36 heavy (non-hydrogen) atoms. The van der Waals surface area contributed by atoms with Gasteiger partial charge in [0.15, 0.2) is 0 Å². The lowest BCUT2D eigenvalue weighted by molar-refractivity contribution is 0.0895. The summed E-state index contributed by atoms with van der Waals surface area (Å²) in [6, 6.07) is 26.8. The molecule has 1 aliphatic carbocycles. The van der Waals surface area contributed by atoms with Crippen molar-refractivity contribution in [2.24, 2.45) is 0 Å². The number of nitrogens with zero attached hydrogens (tertiary/aromatic N) is 2. The number of amides is 1. The van der Waals surface area contributed by atoms with Crippen LogP contribution in [0.15, 0.2) is 78.9 Å². The molecule has 1 aliphatic heterocycles. The Kier molecular flexibility index (Phi) is 7.93. The summed E-state index contributed by atoms with van der Waals surface area (Å²) < 4.78 is 5.29. The molecule has 0 radical (unpaired) electrons. The zero-order chi connectivity index (χ0) is 24.9. The van der Waals surface area contributed by atoms with E-state index in [1.807, 2.05) is 53.4 Å². The molecule has 1 amide bonds. The first-order valence-corrected chi connectivity index (χ1v) is 13.5. The predicted molar refractivity (Wildman–Crippen MR) is 147 cm³/mol. The summed E-state index contributed by atoms with van der Waals surface area (Å²) in [6.07, 6.45) is 7.07. The minimum Gasteiger partial charge on any atom is -0.497 e. The van der Waals surface area contributed by atoms with Crippen molar-refractivity contribution in [3.05, 3.63) is 95.0 Å². The number of halogens is 1. The van der Waals surface area contributed by atoms with E-state index < -0.39 is 0 Å². The Hall–Kier alpha value is -2.82. The molecule has 1 saturated heterocycles. The van der Waals surface area contributed by atoms with Crippen LogP contribution in [0.2, 0.25) is 5.02 Å². The van der Waals surface area contributed by atoms with Crippen LogP contribution in [0, 0.1) is 0 Å². The van der Waals surface area contributed by atoms with Crippen molar-refractivity contribution >= 4 is 23.2 Å². The minimum absolute atomic E-state index is 0.0262. The van der Waals surface area contributed by atoms with Gasteiger partial charge in [-0.25, -0.2) is 0 Å². The van der Waals surface area contributed by atoms with E-state index >= 15 is 0 Å². The highest BCUT2D eigenvalue weighted by Gasteiger charge is 2.36. The Labute approximate surface area is 219 Å². The number of benzene rings is 3. The Morgan fingerprint density at radius 1 is 0.861 bits per heavy atom. The highest BCUT2D eigenvalue weighted by Crippen LogP contribution is 2.38. The standard InChI is InChI=1S/C31H35ClN2O2/c1-36-28-17-11-24(12-18-28)31(35)34(26-15-13-25(32)14-16-26)27-19-21-33(22-20-27)30-10-6-5-9-29(30)23-7-3-2-4-8-23/h2-4,7-8,11-18,27,29-30H,5-6,9-10,19-22H2,1H3/t29-,30-/m1/s1. The van der Waals surface area contributed by atoms with E-state index in [0.29, 0.717) is 22.5 Å². The number of anilines is 1. The first kappa shape index (κ1) is 24.9. The van der Waals surface area contributed by atoms with Crippen molar-refractivity contribution in [1.82, 2.24) is 4.90 Å². The molecule has 0 aromatic heterocycles. The number of hydrogen-bond acceptors (Lipinski definition) is 3. The van der Waals surface area contributed by atoms with Crippen molar-refractivity contribution < 1.29 is 9.53 Å². The number of carbonyl (C=O) groups is 1. The van der Waals surface area contributed by atoms with Crippen molar-refractivity contribution in [2.75, 3.05) is 25.1 Å². The molecule has 1 saturated carbocycles. The molecule has 0 unspecified atom stereocenters. The molecular weight excluding hydrogens is 468 g/mol. The van der Waals surface area contributed by atoms with E-state index in [4.69, 9.17) is 16.3 Å². The Balaban J connectivity index is 1.34. The lowest BCUT2D eigenvalue weighted by Crippen LogP contribution is -2.51. The molecule has 188 valence electrons. The van der Waals surface area contributed by atoms with E-state index in [2.05, 4.69) is 35.2 Å². The number of ether oxygens (including phenoxy) is 1. The largest absolute Gasteiger partial charge is 0.497 e. The van der Waals surface area contributed by atoms with Crippen LogP contribution in [0.3, 0.4) is 0 Å². The Bertz CT molecular complexity index is 1130. The van der Waals surface area contributed by atoms with Crippen LogP contribution in [-0.2, 0) is 0 Å². The van der Waals surface area contributed by atoms with Gasteiger partial charge in [-0.05, 0) is 85.7 Å². The summed E-state index contributed by atoms with van der Waals surface area (Å²) in [4.78, 5) is 18.5. The van der Waals surface area contributed by atoms with Crippen molar-refractivity contribution in [2.45, 2.75) is 56.5 Å². The van der Waals surface area contributed by atoms with Gasteiger partial charge in [0.25, 0.3) is 5.91 Å². The van der Waals surface area contributed by atoms with Gasteiger partial charge in [-0.2, -0.15) is 0 Å². The summed E-state index contributed by atoms with van der Waals surface area (Å²) in [6.45, 7) is 2.03. The number of rotatable bonds is 6. The molecule has 3 aromatic carbocycles. The molecule has 5 rings (SSSR count). The number of hydrogen-bond donors (Lipinski definition) is 0. The second-order valence-corrected chi connectivity index (χ2v) is 10.5. The maximum atomic E-state index is 13.8. The molecule has 4 nitrogen and oxygen atoms in total. The van der Waals surface area contributed by atoms with Crippen LogP contribution in [-0.4, -0.2) is 43.1 Å². The average molecular weight is 503 g/mol. The highest BCUT2D eigenvalue weighted by atomic mass is 35.5. The summed E-state index contributed by atoms with van der Waals surface area (Å²) >= 11 is 6.18. The number of piperidine rings is 1. The fourth-order valence-electron chi connectivity index (χ4n) is 6.08. The molecule has 2 fully saturated rings. The molecular formula is C31H35ClN2O2. The van der Waals surface area contributed by atoms with E-state index in [0.717, 1.165) is 37.4 Å². The van der Waals surface area contributed by atoms with E-state index in [-0.39, 0.29) is 11.9 Å². The molecule has 0 spiro atoms. The smallest absolute Gasteiger partial charge is 0.258 e. The third-order valence-electron chi connectivity index (χ3n) is 7.95. The lowest BCUT2D eigenvalue weighted by atomic mass is 9.78. The second-order valence-electron chi connectivity index (χ2n) is 10.0. The minimum atomic E-state index is 0.0262.